The van der Waals surface area contributed by atoms with Crippen LogP contribution in [0.1, 0.15) is 24.3 Å². The number of anilines is 1. The van der Waals surface area contributed by atoms with Crippen molar-refractivity contribution in [1.29, 1.82) is 0 Å². The smallest absolute Gasteiger partial charge is 0.356 e. The summed E-state index contributed by atoms with van der Waals surface area (Å²) in [5.74, 6) is -0.526. The van der Waals surface area contributed by atoms with Gasteiger partial charge in [-0.1, -0.05) is 0 Å². The van der Waals surface area contributed by atoms with E-state index < -0.39 is 21.5 Å². The molecule has 0 fully saturated rings. The van der Waals surface area contributed by atoms with Gasteiger partial charge in [0, 0.05) is 24.0 Å². The standard InChI is InChI=1S/C12H19N3O4S/c1-12(2,15-20(4,17)18)8-14-9-5-6-13-10(7-9)11(16)19-3/h5-7,15H,8H2,1-4H3,(H,13,14). The van der Waals surface area contributed by atoms with Gasteiger partial charge in [-0.05, 0) is 26.0 Å². The molecular weight excluding hydrogens is 282 g/mol. The number of nitrogens with zero attached hydrogens (tertiary/aromatic N) is 1. The van der Waals surface area contributed by atoms with Gasteiger partial charge in [-0.3, -0.25) is 0 Å². The zero-order valence-electron chi connectivity index (χ0n) is 11.9. The van der Waals surface area contributed by atoms with Crippen LogP contribution in [0.3, 0.4) is 0 Å². The Morgan fingerprint density at radius 1 is 1.45 bits per heavy atom. The van der Waals surface area contributed by atoms with Gasteiger partial charge in [-0.25, -0.2) is 22.9 Å². The van der Waals surface area contributed by atoms with Crippen molar-refractivity contribution in [2.45, 2.75) is 19.4 Å². The molecule has 20 heavy (non-hydrogen) atoms. The van der Waals surface area contributed by atoms with Gasteiger partial charge < -0.3 is 10.1 Å². The van der Waals surface area contributed by atoms with Gasteiger partial charge >= 0.3 is 5.97 Å². The topological polar surface area (TPSA) is 97.4 Å². The fourth-order valence-electron chi connectivity index (χ4n) is 1.62. The molecule has 0 amide bonds. The van der Waals surface area contributed by atoms with Crippen LogP contribution < -0.4 is 10.0 Å². The zero-order valence-corrected chi connectivity index (χ0v) is 12.7. The Morgan fingerprint density at radius 3 is 2.65 bits per heavy atom. The minimum atomic E-state index is -3.29. The van der Waals surface area contributed by atoms with Gasteiger partial charge in [-0.15, -0.1) is 0 Å². The number of rotatable bonds is 6. The number of aromatic nitrogens is 1. The molecule has 8 heteroatoms. The van der Waals surface area contributed by atoms with Gasteiger partial charge in [0.2, 0.25) is 10.0 Å². The second kappa shape index (κ2) is 6.19. The molecule has 1 rings (SSSR count). The van der Waals surface area contributed by atoms with Gasteiger partial charge in [0.15, 0.2) is 0 Å². The molecule has 112 valence electrons. The third kappa shape index (κ3) is 5.54. The molecule has 1 aromatic rings. The highest BCUT2D eigenvalue weighted by atomic mass is 32.2. The third-order valence-electron chi connectivity index (χ3n) is 2.35. The minimum absolute atomic E-state index is 0.186. The number of hydrogen-bond donors (Lipinski definition) is 2. The van der Waals surface area contributed by atoms with Gasteiger partial charge in [0.1, 0.15) is 5.69 Å². The molecule has 1 heterocycles. The van der Waals surface area contributed by atoms with Crippen LogP contribution in [0.15, 0.2) is 18.3 Å². The zero-order chi connectivity index (χ0) is 15.4. The number of methoxy groups -OCH3 is 1. The fraction of sp³-hybridized carbons (Fsp3) is 0.500. The third-order valence-corrected chi connectivity index (χ3v) is 3.27. The molecule has 0 aromatic carbocycles. The highest BCUT2D eigenvalue weighted by molar-refractivity contribution is 7.88. The molecule has 0 unspecified atom stereocenters. The number of pyridine rings is 1. The molecule has 0 bridgehead atoms. The van der Waals surface area contributed by atoms with Crippen molar-refractivity contribution in [2.24, 2.45) is 0 Å². The summed E-state index contributed by atoms with van der Waals surface area (Å²) >= 11 is 0. The van der Waals surface area contributed by atoms with Crippen molar-refractivity contribution in [3.63, 3.8) is 0 Å². The molecule has 1 aromatic heterocycles. The van der Waals surface area contributed by atoms with E-state index in [4.69, 9.17) is 0 Å². The Labute approximate surface area is 118 Å². The summed E-state index contributed by atoms with van der Waals surface area (Å²) in [6.07, 6.45) is 2.59. The molecule has 0 atom stereocenters. The predicted octanol–water partition coefficient (Wildman–Crippen LogP) is 0.608. The first-order chi connectivity index (χ1) is 9.13. The van der Waals surface area contributed by atoms with Crippen LogP contribution in [-0.2, 0) is 14.8 Å². The summed E-state index contributed by atoms with van der Waals surface area (Å²) in [5, 5.41) is 3.05. The van der Waals surface area contributed by atoms with Crippen LogP contribution in [0.25, 0.3) is 0 Å². The number of hydrogen-bond acceptors (Lipinski definition) is 6. The largest absolute Gasteiger partial charge is 0.464 e. The quantitative estimate of drug-likeness (QED) is 0.747. The number of esters is 1. The maximum absolute atomic E-state index is 11.4. The normalized spacial score (nSPS) is 12.0. The monoisotopic (exact) mass is 301 g/mol. The van der Waals surface area contributed by atoms with E-state index in [-0.39, 0.29) is 5.69 Å². The van der Waals surface area contributed by atoms with Gasteiger partial charge in [-0.2, -0.15) is 0 Å². The second-order valence-electron chi connectivity index (χ2n) is 5.03. The van der Waals surface area contributed by atoms with Crippen LogP contribution in [0.2, 0.25) is 0 Å². The summed E-state index contributed by atoms with van der Waals surface area (Å²) in [7, 11) is -2.01. The van der Waals surface area contributed by atoms with Crippen molar-refractivity contribution in [3.05, 3.63) is 24.0 Å². The lowest BCUT2D eigenvalue weighted by molar-refractivity contribution is 0.0594. The van der Waals surface area contributed by atoms with E-state index in [1.165, 1.54) is 13.3 Å². The predicted molar refractivity (Wildman–Crippen MR) is 76.1 cm³/mol. The first-order valence-corrected chi connectivity index (χ1v) is 7.79. The number of carbonyl (C=O) groups is 1. The lowest BCUT2D eigenvalue weighted by atomic mass is 10.1. The molecule has 0 aliphatic heterocycles. The lowest BCUT2D eigenvalue weighted by Gasteiger charge is -2.25. The van der Waals surface area contributed by atoms with E-state index in [2.05, 4.69) is 19.8 Å². The molecule has 0 aliphatic rings. The molecular formula is C12H19N3O4S. The Hall–Kier alpha value is -1.67. The highest BCUT2D eigenvalue weighted by Crippen LogP contribution is 2.11. The van der Waals surface area contributed by atoms with E-state index in [1.54, 1.807) is 26.0 Å². The fourth-order valence-corrected chi connectivity index (χ4v) is 2.69. The Kier molecular flexibility index (Phi) is 5.07. The van der Waals surface area contributed by atoms with E-state index in [0.29, 0.717) is 12.2 Å². The van der Waals surface area contributed by atoms with E-state index in [1.807, 2.05) is 0 Å². The molecule has 0 saturated carbocycles. The lowest BCUT2D eigenvalue weighted by Crippen LogP contribution is -2.47. The van der Waals surface area contributed by atoms with Crippen LogP contribution in [-0.4, -0.2) is 44.8 Å². The maximum Gasteiger partial charge on any atom is 0.356 e. The van der Waals surface area contributed by atoms with Crippen LogP contribution in [0.5, 0.6) is 0 Å². The van der Waals surface area contributed by atoms with Crippen molar-refractivity contribution in [1.82, 2.24) is 9.71 Å². The van der Waals surface area contributed by atoms with Gasteiger partial charge in [0.05, 0.1) is 13.4 Å². The van der Waals surface area contributed by atoms with Crippen molar-refractivity contribution < 1.29 is 17.9 Å². The summed E-state index contributed by atoms with van der Waals surface area (Å²) in [6.45, 7) is 3.86. The average Bonchev–Trinajstić information content (AvgIpc) is 2.33. The SMILES string of the molecule is COC(=O)c1cc(NCC(C)(C)NS(C)(=O)=O)ccn1. The Balaban J connectivity index is 2.73. The summed E-state index contributed by atoms with van der Waals surface area (Å²) in [5.41, 5.74) is 0.178. The van der Waals surface area contributed by atoms with Crippen molar-refractivity contribution >= 4 is 21.7 Å². The Morgan fingerprint density at radius 2 is 2.10 bits per heavy atom. The number of nitrogens with one attached hydrogen (secondary N) is 2. The molecule has 2 N–H and O–H groups in total. The van der Waals surface area contributed by atoms with Crippen LogP contribution >= 0.6 is 0 Å². The molecule has 0 saturated heterocycles. The Bertz CT molecular complexity index is 584. The van der Waals surface area contributed by atoms with Gasteiger partial charge in [0.25, 0.3) is 0 Å². The summed E-state index contributed by atoms with van der Waals surface area (Å²) in [4.78, 5) is 15.2. The second-order valence-corrected chi connectivity index (χ2v) is 6.78. The molecule has 0 radical (unpaired) electrons. The van der Waals surface area contributed by atoms with Crippen molar-refractivity contribution in [2.75, 3.05) is 25.2 Å². The van der Waals surface area contributed by atoms with E-state index in [0.717, 1.165) is 6.26 Å². The number of carbonyl (C=O) groups excluding carboxylic acids is 1. The highest BCUT2D eigenvalue weighted by Gasteiger charge is 2.21. The van der Waals surface area contributed by atoms with E-state index >= 15 is 0 Å². The average molecular weight is 301 g/mol. The molecule has 0 spiro atoms. The molecule has 7 nitrogen and oxygen atoms in total. The first-order valence-electron chi connectivity index (χ1n) is 5.90. The van der Waals surface area contributed by atoms with Crippen LogP contribution in [0.4, 0.5) is 5.69 Å². The molecule has 0 aliphatic carbocycles. The van der Waals surface area contributed by atoms with Crippen LogP contribution in [0, 0.1) is 0 Å². The summed E-state index contributed by atoms with van der Waals surface area (Å²) in [6, 6.07) is 3.23. The number of ether oxygens (including phenoxy) is 1. The number of sulfonamides is 1. The summed E-state index contributed by atoms with van der Waals surface area (Å²) < 4.78 is 29.6. The van der Waals surface area contributed by atoms with E-state index in [9.17, 15) is 13.2 Å². The maximum atomic E-state index is 11.4. The minimum Gasteiger partial charge on any atom is -0.464 e. The van der Waals surface area contributed by atoms with Crippen molar-refractivity contribution in [3.8, 4) is 0 Å². The first kappa shape index (κ1) is 16.4.